The summed E-state index contributed by atoms with van der Waals surface area (Å²) in [4.78, 5) is 55.1. The zero-order chi connectivity index (χ0) is 23.6. The number of aromatic nitrogens is 1. The zero-order valence-electron chi connectivity index (χ0n) is 18.1. The molecule has 8 nitrogen and oxygen atoms in total. The average molecular weight is 507 g/mol. The standard InChI is InChI=1S/C22H26N4O4S3/c1-14-19(28)25-16(18(27)22-23-8-11-33-22)12-31-9-5-10-32-13-17(21(30)24-14)26-20(29)15-6-3-2-4-7-15/h2-4,6-8,11,14,16-17H,5,9-10,12-13H2,1H3,(H,24,30)(H,25,28)(H,26,29)/t14-,16?,17-/m0/s1. The van der Waals surface area contributed by atoms with Crippen LogP contribution in [0.4, 0.5) is 0 Å². The van der Waals surface area contributed by atoms with Crippen LogP contribution in [0.15, 0.2) is 41.9 Å². The molecule has 0 saturated carbocycles. The summed E-state index contributed by atoms with van der Waals surface area (Å²) in [5.41, 5.74) is 0.459. The van der Waals surface area contributed by atoms with Crippen molar-refractivity contribution >= 4 is 58.4 Å². The quantitative estimate of drug-likeness (QED) is 0.543. The fraction of sp³-hybridized carbons (Fsp3) is 0.409. The summed E-state index contributed by atoms with van der Waals surface area (Å²) in [6.45, 7) is 1.56. The molecule has 3 N–H and O–H groups in total. The molecule has 0 aliphatic carbocycles. The molecule has 33 heavy (non-hydrogen) atoms. The molecular weight excluding hydrogens is 480 g/mol. The number of hydrogen-bond acceptors (Lipinski definition) is 8. The lowest BCUT2D eigenvalue weighted by Gasteiger charge is -2.23. The van der Waals surface area contributed by atoms with Gasteiger partial charge in [-0.05, 0) is 37.0 Å². The van der Waals surface area contributed by atoms with E-state index in [4.69, 9.17) is 0 Å². The third-order valence-corrected chi connectivity index (χ3v) is 7.91. The highest BCUT2D eigenvalue weighted by molar-refractivity contribution is 8.00. The van der Waals surface area contributed by atoms with Gasteiger partial charge in [0.05, 0.1) is 0 Å². The first-order valence-corrected chi connectivity index (χ1v) is 13.7. The Balaban J connectivity index is 1.69. The number of amides is 3. The van der Waals surface area contributed by atoms with Gasteiger partial charge in [-0.3, -0.25) is 19.2 Å². The van der Waals surface area contributed by atoms with Crippen LogP contribution in [0, 0.1) is 0 Å². The van der Waals surface area contributed by atoms with Gasteiger partial charge in [-0.15, -0.1) is 11.3 Å². The number of thiazole rings is 1. The van der Waals surface area contributed by atoms with E-state index >= 15 is 0 Å². The van der Waals surface area contributed by atoms with Crippen LogP contribution >= 0.6 is 34.9 Å². The first-order chi connectivity index (χ1) is 16.0. The third-order valence-electron chi connectivity index (χ3n) is 4.83. The molecule has 1 aliphatic heterocycles. The summed E-state index contributed by atoms with van der Waals surface area (Å²) in [5, 5.41) is 10.3. The lowest BCUT2D eigenvalue weighted by molar-refractivity contribution is -0.129. The van der Waals surface area contributed by atoms with E-state index in [1.165, 1.54) is 11.3 Å². The number of ketones is 1. The van der Waals surface area contributed by atoms with E-state index in [0.29, 0.717) is 22.1 Å². The number of carbonyl (C=O) groups is 4. The SMILES string of the molecule is C[C@@H]1NC(=O)[C@@H](NC(=O)c2ccccc2)CSCCCSCC(C(=O)c2nccs2)NC1=O. The highest BCUT2D eigenvalue weighted by atomic mass is 32.2. The van der Waals surface area contributed by atoms with E-state index in [9.17, 15) is 19.2 Å². The number of carbonyl (C=O) groups excluding carboxylic acids is 4. The molecule has 11 heteroatoms. The maximum atomic E-state index is 12.9. The van der Waals surface area contributed by atoms with Crippen molar-refractivity contribution in [2.45, 2.75) is 31.5 Å². The van der Waals surface area contributed by atoms with Gasteiger partial charge in [-0.1, -0.05) is 18.2 Å². The van der Waals surface area contributed by atoms with Crippen molar-refractivity contribution in [1.29, 1.82) is 0 Å². The second-order valence-corrected chi connectivity index (χ2v) is 10.6. The van der Waals surface area contributed by atoms with E-state index in [-0.39, 0.29) is 11.7 Å². The van der Waals surface area contributed by atoms with Crippen molar-refractivity contribution in [3.63, 3.8) is 0 Å². The molecule has 1 fully saturated rings. The number of thioether (sulfide) groups is 2. The van der Waals surface area contributed by atoms with Crippen LogP contribution in [0.3, 0.4) is 0 Å². The summed E-state index contributed by atoms with van der Waals surface area (Å²) < 4.78 is 0. The largest absolute Gasteiger partial charge is 0.343 e. The molecule has 2 aromatic rings. The molecule has 176 valence electrons. The van der Waals surface area contributed by atoms with Crippen LogP contribution in [0.1, 0.15) is 33.5 Å². The van der Waals surface area contributed by atoms with Gasteiger partial charge in [0, 0.05) is 28.6 Å². The molecule has 3 atom stereocenters. The van der Waals surface area contributed by atoms with Crippen molar-refractivity contribution in [2.24, 2.45) is 0 Å². The molecule has 3 rings (SSSR count). The van der Waals surface area contributed by atoms with Crippen LogP contribution in [-0.4, -0.2) is 69.6 Å². The van der Waals surface area contributed by atoms with Gasteiger partial charge in [-0.2, -0.15) is 23.5 Å². The van der Waals surface area contributed by atoms with Gasteiger partial charge in [0.15, 0.2) is 5.01 Å². The number of nitrogens with one attached hydrogen (secondary N) is 3. The molecule has 0 spiro atoms. The normalized spacial score (nSPS) is 23.0. The van der Waals surface area contributed by atoms with E-state index < -0.39 is 29.9 Å². The van der Waals surface area contributed by atoms with Crippen molar-refractivity contribution in [3.05, 3.63) is 52.5 Å². The topological polar surface area (TPSA) is 117 Å². The Morgan fingerprint density at radius 2 is 1.76 bits per heavy atom. The minimum atomic E-state index is -0.877. The summed E-state index contributed by atoms with van der Waals surface area (Å²) in [5.74, 6) is 0.969. The lowest BCUT2D eigenvalue weighted by Crippen LogP contribution is -2.55. The fourth-order valence-electron chi connectivity index (χ4n) is 3.03. The van der Waals surface area contributed by atoms with Crippen LogP contribution in [0.5, 0.6) is 0 Å². The number of nitrogens with zero attached hydrogens (tertiary/aromatic N) is 1. The van der Waals surface area contributed by atoms with Crippen LogP contribution in [0.25, 0.3) is 0 Å². The Hall–Kier alpha value is -2.37. The Morgan fingerprint density at radius 1 is 1.03 bits per heavy atom. The highest BCUT2D eigenvalue weighted by Gasteiger charge is 2.29. The number of benzene rings is 1. The van der Waals surface area contributed by atoms with Crippen LogP contribution in [0.2, 0.25) is 0 Å². The Kier molecular flexibility index (Phi) is 9.76. The zero-order valence-corrected chi connectivity index (χ0v) is 20.6. The predicted molar refractivity (Wildman–Crippen MR) is 133 cm³/mol. The molecule has 0 bridgehead atoms. The molecular formula is C22H26N4O4S3. The van der Waals surface area contributed by atoms with Gasteiger partial charge in [0.1, 0.15) is 18.1 Å². The smallest absolute Gasteiger partial charge is 0.251 e. The van der Waals surface area contributed by atoms with Crippen molar-refractivity contribution in [1.82, 2.24) is 20.9 Å². The maximum absolute atomic E-state index is 12.9. The molecule has 0 radical (unpaired) electrons. The summed E-state index contributed by atoms with van der Waals surface area (Å²) in [7, 11) is 0. The second kappa shape index (κ2) is 12.8. The highest BCUT2D eigenvalue weighted by Crippen LogP contribution is 2.15. The summed E-state index contributed by atoms with van der Waals surface area (Å²) in [6.07, 6.45) is 2.43. The third kappa shape index (κ3) is 7.58. The number of rotatable bonds is 4. The number of Topliss-reactive ketones (excluding diaryl/α,β-unsaturated/α-hetero) is 1. The molecule has 1 aromatic carbocycles. The molecule has 1 aromatic heterocycles. The first-order valence-electron chi connectivity index (χ1n) is 10.5. The molecule has 1 aliphatic rings. The van der Waals surface area contributed by atoms with Crippen LogP contribution < -0.4 is 16.0 Å². The Labute approximate surface area is 205 Å². The van der Waals surface area contributed by atoms with E-state index in [1.807, 2.05) is 6.07 Å². The maximum Gasteiger partial charge on any atom is 0.251 e. The minimum absolute atomic E-state index is 0.237. The minimum Gasteiger partial charge on any atom is -0.343 e. The monoisotopic (exact) mass is 506 g/mol. The molecule has 1 saturated heterocycles. The van der Waals surface area contributed by atoms with E-state index in [0.717, 1.165) is 17.9 Å². The molecule has 3 amide bonds. The Morgan fingerprint density at radius 3 is 2.45 bits per heavy atom. The fourth-order valence-corrected chi connectivity index (χ4v) is 5.82. The predicted octanol–water partition coefficient (Wildman–Crippen LogP) is 1.98. The van der Waals surface area contributed by atoms with Gasteiger partial charge >= 0.3 is 0 Å². The average Bonchev–Trinajstić information content (AvgIpc) is 3.36. The van der Waals surface area contributed by atoms with Crippen molar-refractivity contribution in [2.75, 3.05) is 23.0 Å². The number of hydrogen-bond donors (Lipinski definition) is 3. The first kappa shape index (κ1) is 25.3. The van der Waals surface area contributed by atoms with Gasteiger partial charge < -0.3 is 16.0 Å². The lowest BCUT2D eigenvalue weighted by atomic mass is 10.1. The van der Waals surface area contributed by atoms with Gasteiger partial charge in [0.2, 0.25) is 17.6 Å². The summed E-state index contributed by atoms with van der Waals surface area (Å²) >= 11 is 4.40. The van der Waals surface area contributed by atoms with Gasteiger partial charge in [0.25, 0.3) is 5.91 Å². The molecule has 2 heterocycles. The van der Waals surface area contributed by atoms with Crippen LogP contribution in [-0.2, 0) is 9.59 Å². The Bertz CT molecular complexity index is 956. The summed E-state index contributed by atoms with van der Waals surface area (Å²) in [6, 6.07) is 6.28. The van der Waals surface area contributed by atoms with Gasteiger partial charge in [-0.25, -0.2) is 4.98 Å². The van der Waals surface area contributed by atoms with E-state index in [2.05, 4.69) is 20.9 Å². The molecule has 1 unspecified atom stereocenters. The van der Waals surface area contributed by atoms with E-state index in [1.54, 1.807) is 66.3 Å². The van der Waals surface area contributed by atoms with Crippen molar-refractivity contribution in [3.8, 4) is 0 Å². The second-order valence-electron chi connectivity index (χ2n) is 7.39. The van der Waals surface area contributed by atoms with Crippen molar-refractivity contribution < 1.29 is 19.2 Å².